The van der Waals surface area contributed by atoms with E-state index in [-0.39, 0.29) is 30.5 Å². The van der Waals surface area contributed by atoms with Crippen molar-refractivity contribution < 1.29 is 23.5 Å². The van der Waals surface area contributed by atoms with Crippen molar-refractivity contribution in [3.8, 4) is 5.69 Å². The SMILES string of the molecule is CC(=O)NCC1CN(c2ccc(-n3ccnc3C(=O)Nc3nc4ccccc4s3)c(F)c2)C(=O)O1. The molecule has 4 aromatic rings. The number of aromatic nitrogens is 3. The third-order valence-electron chi connectivity index (χ3n) is 5.31. The topological polar surface area (TPSA) is 118 Å². The van der Waals surface area contributed by atoms with Gasteiger partial charge in [-0.25, -0.2) is 19.2 Å². The minimum atomic E-state index is -0.660. The number of para-hydroxylation sites is 1. The monoisotopic (exact) mass is 494 g/mol. The van der Waals surface area contributed by atoms with Crippen molar-refractivity contribution in [2.24, 2.45) is 0 Å². The number of anilines is 2. The minimum Gasteiger partial charge on any atom is -0.442 e. The number of cyclic esters (lactones) is 1. The van der Waals surface area contributed by atoms with Gasteiger partial charge in [-0.1, -0.05) is 23.5 Å². The summed E-state index contributed by atoms with van der Waals surface area (Å²) in [6.45, 7) is 1.70. The van der Waals surface area contributed by atoms with Gasteiger partial charge in [0, 0.05) is 19.3 Å². The molecule has 1 aliphatic rings. The summed E-state index contributed by atoms with van der Waals surface area (Å²) in [6.07, 6.45) is 1.69. The van der Waals surface area contributed by atoms with Crippen LogP contribution in [-0.4, -0.2) is 51.6 Å². The highest BCUT2D eigenvalue weighted by Crippen LogP contribution is 2.28. The maximum Gasteiger partial charge on any atom is 0.414 e. The van der Waals surface area contributed by atoms with Gasteiger partial charge in [-0.3, -0.25) is 24.4 Å². The molecule has 0 radical (unpaired) electrons. The van der Waals surface area contributed by atoms with E-state index in [1.54, 1.807) is 6.07 Å². The molecule has 1 fully saturated rings. The van der Waals surface area contributed by atoms with E-state index in [1.165, 1.54) is 52.3 Å². The summed E-state index contributed by atoms with van der Waals surface area (Å²) < 4.78 is 22.6. The van der Waals surface area contributed by atoms with Gasteiger partial charge in [0.2, 0.25) is 11.7 Å². The number of hydrogen-bond donors (Lipinski definition) is 2. The average Bonchev–Trinajstić information content (AvgIpc) is 3.55. The second kappa shape index (κ2) is 9.14. The van der Waals surface area contributed by atoms with Crippen molar-refractivity contribution in [2.45, 2.75) is 13.0 Å². The Hall–Kier alpha value is -4.32. The number of nitrogens with one attached hydrogen (secondary N) is 2. The number of benzene rings is 2. The zero-order valence-corrected chi connectivity index (χ0v) is 19.2. The number of hydrogen-bond acceptors (Lipinski definition) is 7. The molecule has 12 heteroatoms. The Bertz CT molecular complexity index is 1420. The smallest absolute Gasteiger partial charge is 0.414 e. The van der Waals surface area contributed by atoms with Gasteiger partial charge in [0.05, 0.1) is 34.7 Å². The Morgan fingerprint density at radius 2 is 2.09 bits per heavy atom. The first-order chi connectivity index (χ1) is 16.9. The first-order valence-corrected chi connectivity index (χ1v) is 11.4. The lowest BCUT2D eigenvalue weighted by atomic mass is 10.2. The first-order valence-electron chi connectivity index (χ1n) is 10.6. The van der Waals surface area contributed by atoms with Crippen molar-refractivity contribution in [1.29, 1.82) is 0 Å². The molecule has 1 saturated heterocycles. The van der Waals surface area contributed by atoms with E-state index in [9.17, 15) is 14.4 Å². The van der Waals surface area contributed by atoms with Crippen molar-refractivity contribution >= 4 is 50.3 Å². The third kappa shape index (κ3) is 4.55. The van der Waals surface area contributed by atoms with Crippen LogP contribution in [-0.2, 0) is 9.53 Å². The van der Waals surface area contributed by atoms with Crippen LogP contribution in [0.3, 0.4) is 0 Å². The van der Waals surface area contributed by atoms with Crippen LogP contribution in [0.15, 0.2) is 54.9 Å². The third-order valence-corrected chi connectivity index (χ3v) is 6.27. The molecule has 3 amide bonds. The zero-order chi connectivity index (χ0) is 24.5. The van der Waals surface area contributed by atoms with Crippen LogP contribution >= 0.6 is 11.3 Å². The summed E-state index contributed by atoms with van der Waals surface area (Å²) in [5.74, 6) is -1.46. The second-order valence-electron chi connectivity index (χ2n) is 7.75. The number of rotatable bonds is 6. The molecule has 10 nitrogen and oxygen atoms in total. The van der Waals surface area contributed by atoms with E-state index in [4.69, 9.17) is 4.74 Å². The zero-order valence-electron chi connectivity index (χ0n) is 18.4. The van der Waals surface area contributed by atoms with Crippen molar-refractivity contribution in [3.05, 3.63) is 66.5 Å². The lowest BCUT2D eigenvalue weighted by Crippen LogP contribution is -2.33. The molecule has 1 atom stereocenters. The van der Waals surface area contributed by atoms with Crippen LogP contribution in [0, 0.1) is 5.82 Å². The molecule has 2 aromatic carbocycles. The van der Waals surface area contributed by atoms with Crippen LogP contribution in [0.4, 0.5) is 20.0 Å². The van der Waals surface area contributed by atoms with Gasteiger partial charge in [0.25, 0.3) is 5.91 Å². The molecular weight excluding hydrogens is 475 g/mol. The number of halogens is 1. The molecule has 3 heterocycles. The van der Waals surface area contributed by atoms with Gasteiger partial charge in [0.1, 0.15) is 11.9 Å². The molecule has 178 valence electrons. The van der Waals surface area contributed by atoms with Gasteiger partial charge in [-0.2, -0.15) is 0 Å². The Labute approximate surface area is 202 Å². The van der Waals surface area contributed by atoms with Crippen LogP contribution in [0.5, 0.6) is 0 Å². The second-order valence-corrected chi connectivity index (χ2v) is 8.78. The maximum atomic E-state index is 15.1. The van der Waals surface area contributed by atoms with E-state index >= 15 is 4.39 Å². The minimum absolute atomic E-state index is 0.0214. The number of fused-ring (bicyclic) bond motifs is 1. The lowest BCUT2D eigenvalue weighted by Gasteiger charge is -2.15. The highest BCUT2D eigenvalue weighted by molar-refractivity contribution is 7.22. The van der Waals surface area contributed by atoms with Gasteiger partial charge >= 0.3 is 6.09 Å². The van der Waals surface area contributed by atoms with E-state index in [2.05, 4.69) is 20.6 Å². The molecule has 1 unspecified atom stereocenters. The van der Waals surface area contributed by atoms with E-state index in [0.717, 1.165) is 10.2 Å². The molecule has 2 N–H and O–H groups in total. The summed E-state index contributed by atoms with van der Waals surface area (Å²) in [5, 5.41) is 5.71. The summed E-state index contributed by atoms with van der Waals surface area (Å²) in [7, 11) is 0. The van der Waals surface area contributed by atoms with Crippen LogP contribution < -0.4 is 15.5 Å². The molecule has 0 spiro atoms. The molecule has 5 rings (SSSR count). The molecule has 2 aromatic heterocycles. The normalized spacial score (nSPS) is 15.3. The van der Waals surface area contributed by atoms with Crippen molar-refractivity contribution in [3.63, 3.8) is 0 Å². The Kier molecular flexibility index (Phi) is 5.87. The largest absolute Gasteiger partial charge is 0.442 e. The number of carbonyl (C=O) groups is 3. The first kappa shape index (κ1) is 22.5. The van der Waals surface area contributed by atoms with Crippen LogP contribution in [0.1, 0.15) is 17.5 Å². The molecular formula is C23H19FN6O4S. The Morgan fingerprint density at radius 1 is 1.26 bits per heavy atom. The predicted octanol–water partition coefficient (Wildman–Crippen LogP) is 3.33. The number of carbonyl (C=O) groups excluding carboxylic acids is 3. The van der Waals surface area contributed by atoms with Crippen molar-refractivity contribution in [1.82, 2.24) is 19.9 Å². The number of imidazole rings is 1. The summed E-state index contributed by atoms with van der Waals surface area (Å²) in [4.78, 5) is 45.9. The fourth-order valence-electron chi connectivity index (χ4n) is 3.70. The van der Waals surface area contributed by atoms with Gasteiger partial charge in [-0.05, 0) is 30.3 Å². The highest BCUT2D eigenvalue weighted by atomic mass is 32.1. The Morgan fingerprint density at radius 3 is 2.86 bits per heavy atom. The van der Waals surface area contributed by atoms with Crippen LogP contribution in [0.2, 0.25) is 0 Å². The summed E-state index contributed by atoms with van der Waals surface area (Å²) in [5.41, 5.74) is 1.14. The molecule has 0 saturated carbocycles. The van der Waals surface area contributed by atoms with E-state index < -0.39 is 23.9 Å². The average molecular weight is 495 g/mol. The standard InChI is InChI=1S/C23H19FN6O4S/c1-13(31)26-11-15-12-30(23(33)34-15)14-6-7-18(16(24)10-14)29-9-8-25-20(29)21(32)28-22-27-17-4-2-3-5-19(17)35-22/h2-10,15H,11-12H2,1H3,(H,26,31)(H,27,28,32). The maximum absolute atomic E-state index is 15.1. The van der Waals surface area contributed by atoms with Gasteiger partial charge in [0.15, 0.2) is 5.13 Å². The van der Waals surface area contributed by atoms with Gasteiger partial charge < -0.3 is 10.1 Å². The summed E-state index contributed by atoms with van der Waals surface area (Å²) in [6, 6.07) is 11.7. The number of amides is 3. The Balaban J connectivity index is 1.34. The summed E-state index contributed by atoms with van der Waals surface area (Å²) >= 11 is 1.32. The van der Waals surface area contributed by atoms with E-state index in [0.29, 0.717) is 10.8 Å². The quantitative estimate of drug-likeness (QED) is 0.425. The highest BCUT2D eigenvalue weighted by Gasteiger charge is 2.33. The predicted molar refractivity (Wildman–Crippen MR) is 127 cm³/mol. The number of thiazole rings is 1. The van der Waals surface area contributed by atoms with Gasteiger partial charge in [-0.15, -0.1) is 0 Å². The van der Waals surface area contributed by atoms with Crippen LogP contribution in [0.25, 0.3) is 15.9 Å². The molecule has 1 aliphatic heterocycles. The fourth-order valence-corrected chi connectivity index (χ4v) is 4.56. The lowest BCUT2D eigenvalue weighted by molar-refractivity contribution is -0.119. The fraction of sp³-hybridized carbons (Fsp3) is 0.174. The molecule has 0 aliphatic carbocycles. The number of ether oxygens (including phenoxy) is 1. The van der Waals surface area contributed by atoms with E-state index in [1.807, 2.05) is 24.3 Å². The number of nitrogens with zero attached hydrogens (tertiary/aromatic N) is 4. The molecule has 0 bridgehead atoms. The molecule has 35 heavy (non-hydrogen) atoms. The van der Waals surface area contributed by atoms with Crippen molar-refractivity contribution in [2.75, 3.05) is 23.3 Å².